The SMILES string of the molecule is C[C@H](O)[C@H](NC(=O)[C@@H]1C[C@@H]1C)C(=O)O. The van der Waals surface area contributed by atoms with E-state index < -0.39 is 18.1 Å². The summed E-state index contributed by atoms with van der Waals surface area (Å²) in [7, 11) is 0. The maximum Gasteiger partial charge on any atom is 0.328 e. The minimum atomic E-state index is -1.21. The number of amides is 1. The van der Waals surface area contributed by atoms with E-state index in [-0.39, 0.29) is 11.8 Å². The van der Waals surface area contributed by atoms with Crippen LogP contribution < -0.4 is 5.32 Å². The van der Waals surface area contributed by atoms with Crippen LogP contribution in [0, 0.1) is 11.8 Å². The van der Waals surface area contributed by atoms with Gasteiger partial charge in [-0.3, -0.25) is 4.79 Å². The average Bonchev–Trinajstić information content (AvgIpc) is 2.76. The molecule has 0 bridgehead atoms. The van der Waals surface area contributed by atoms with Crippen molar-refractivity contribution >= 4 is 11.9 Å². The number of hydrogen-bond donors (Lipinski definition) is 3. The zero-order valence-corrected chi connectivity index (χ0v) is 8.23. The molecule has 0 aliphatic heterocycles. The first-order valence-electron chi connectivity index (χ1n) is 4.64. The van der Waals surface area contributed by atoms with Crippen molar-refractivity contribution in [2.24, 2.45) is 11.8 Å². The molecule has 0 aromatic carbocycles. The topological polar surface area (TPSA) is 86.6 Å². The highest BCUT2D eigenvalue weighted by Crippen LogP contribution is 2.37. The average molecular weight is 201 g/mol. The maximum absolute atomic E-state index is 11.3. The minimum absolute atomic E-state index is 0.0735. The molecule has 0 radical (unpaired) electrons. The van der Waals surface area contributed by atoms with E-state index in [0.717, 1.165) is 6.42 Å². The Morgan fingerprint density at radius 1 is 1.50 bits per heavy atom. The van der Waals surface area contributed by atoms with Gasteiger partial charge in [-0.05, 0) is 19.3 Å². The standard InChI is InChI=1S/C9H15NO4/c1-4-3-6(4)8(12)10-7(5(2)11)9(13)14/h4-7,11H,3H2,1-2H3,(H,10,12)(H,13,14)/t4-,5-,6+,7-/m0/s1. The summed E-state index contributed by atoms with van der Waals surface area (Å²) in [5, 5.41) is 20.1. The van der Waals surface area contributed by atoms with Gasteiger partial charge < -0.3 is 15.5 Å². The number of carboxylic acids is 1. The number of carbonyl (C=O) groups is 2. The third-order valence-corrected chi connectivity index (χ3v) is 2.49. The summed E-state index contributed by atoms with van der Waals surface area (Å²) >= 11 is 0. The molecule has 80 valence electrons. The fraction of sp³-hybridized carbons (Fsp3) is 0.778. The summed E-state index contributed by atoms with van der Waals surface area (Å²) < 4.78 is 0. The van der Waals surface area contributed by atoms with Crippen LogP contribution in [0.1, 0.15) is 20.3 Å². The third kappa shape index (κ3) is 2.45. The molecule has 4 atom stereocenters. The van der Waals surface area contributed by atoms with Crippen molar-refractivity contribution in [2.45, 2.75) is 32.4 Å². The van der Waals surface area contributed by atoms with E-state index >= 15 is 0 Å². The van der Waals surface area contributed by atoms with E-state index in [1.807, 2.05) is 6.92 Å². The maximum atomic E-state index is 11.3. The van der Waals surface area contributed by atoms with E-state index in [4.69, 9.17) is 10.2 Å². The molecule has 1 saturated carbocycles. The molecule has 0 spiro atoms. The normalized spacial score (nSPS) is 29.1. The Morgan fingerprint density at radius 2 is 2.00 bits per heavy atom. The first kappa shape index (κ1) is 11.0. The van der Waals surface area contributed by atoms with Gasteiger partial charge in [0.05, 0.1) is 6.10 Å². The summed E-state index contributed by atoms with van der Waals surface area (Å²) in [5.41, 5.74) is 0. The Labute approximate surface area is 82.1 Å². The third-order valence-electron chi connectivity index (χ3n) is 2.49. The van der Waals surface area contributed by atoms with Crippen molar-refractivity contribution < 1.29 is 19.8 Å². The number of aliphatic hydroxyl groups excluding tert-OH is 1. The molecule has 3 N–H and O–H groups in total. The summed E-state index contributed by atoms with van der Waals surface area (Å²) in [5.74, 6) is -1.22. The van der Waals surface area contributed by atoms with Gasteiger partial charge in [0.2, 0.25) is 5.91 Å². The van der Waals surface area contributed by atoms with Crippen molar-refractivity contribution in [3.8, 4) is 0 Å². The Morgan fingerprint density at radius 3 is 2.29 bits per heavy atom. The first-order valence-corrected chi connectivity index (χ1v) is 4.64. The van der Waals surface area contributed by atoms with Gasteiger partial charge in [0.1, 0.15) is 0 Å². The van der Waals surface area contributed by atoms with Gasteiger partial charge in [-0.2, -0.15) is 0 Å². The van der Waals surface area contributed by atoms with Crippen LogP contribution in [0.3, 0.4) is 0 Å². The number of rotatable bonds is 4. The van der Waals surface area contributed by atoms with E-state index in [0.29, 0.717) is 5.92 Å². The second-order valence-corrected chi connectivity index (χ2v) is 3.88. The molecule has 0 unspecified atom stereocenters. The Kier molecular flexibility index (Phi) is 3.10. The molecule has 1 fully saturated rings. The molecule has 1 aliphatic rings. The molecule has 0 heterocycles. The number of hydrogen-bond acceptors (Lipinski definition) is 3. The summed E-state index contributed by atoms with van der Waals surface area (Å²) in [4.78, 5) is 22.0. The van der Waals surface area contributed by atoms with Gasteiger partial charge in [-0.1, -0.05) is 6.92 Å². The lowest BCUT2D eigenvalue weighted by Gasteiger charge is -2.16. The zero-order chi connectivity index (χ0) is 10.9. The molecule has 0 aromatic heterocycles. The smallest absolute Gasteiger partial charge is 0.328 e. The van der Waals surface area contributed by atoms with Crippen LogP contribution in [0.25, 0.3) is 0 Å². The number of carboxylic acid groups (broad SMARTS) is 1. The zero-order valence-electron chi connectivity index (χ0n) is 8.23. The van der Waals surface area contributed by atoms with Gasteiger partial charge in [0.15, 0.2) is 6.04 Å². The summed E-state index contributed by atoms with van der Waals surface area (Å²) in [6.45, 7) is 3.28. The second kappa shape index (κ2) is 3.96. The van der Waals surface area contributed by atoms with Crippen LogP contribution >= 0.6 is 0 Å². The van der Waals surface area contributed by atoms with Gasteiger partial charge >= 0.3 is 5.97 Å². The van der Waals surface area contributed by atoms with Crippen LogP contribution in [-0.4, -0.2) is 34.2 Å². The van der Waals surface area contributed by atoms with Crippen molar-refractivity contribution in [3.05, 3.63) is 0 Å². The summed E-state index contributed by atoms with van der Waals surface area (Å²) in [6, 6.07) is -1.20. The lowest BCUT2D eigenvalue weighted by Crippen LogP contribution is -2.48. The number of aliphatic carboxylic acids is 1. The van der Waals surface area contributed by atoms with E-state index in [9.17, 15) is 9.59 Å². The van der Waals surface area contributed by atoms with Crippen LogP contribution in [0.4, 0.5) is 0 Å². The van der Waals surface area contributed by atoms with E-state index in [1.165, 1.54) is 6.92 Å². The second-order valence-electron chi connectivity index (χ2n) is 3.88. The highest BCUT2D eigenvalue weighted by atomic mass is 16.4. The highest BCUT2D eigenvalue weighted by molar-refractivity contribution is 5.86. The van der Waals surface area contributed by atoms with Crippen molar-refractivity contribution in [1.29, 1.82) is 0 Å². The van der Waals surface area contributed by atoms with Gasteiger partial charge in [0.25, 0.3) is 0 Å². The largest absolute Gasteiger partial charge is 0.480 e. The minimum Gasteiger partial charge on any atom is -0.480 e. The molecule has 5 nitrogen and oxygen atoms in total. The number of carbonyl (C=O) groups excluding carboxylic acids is 1. The molecular formula is C9H15NO4. The molecule has 14 heavy (non-hydrogen) atoms. The quantitative estimate of drug-likeness (QED) is 0.577. The molecule has 0 aromatic rings. The van der Waals surface area contributed by atoms with Crippen LogP contribution in [0.5, 0.6) is 0 Å². The predicted molar refractivity (Wildman–Crippen MR) is 48.5 cm³/mol. The van der Waals surface area contributed by atoms with E-state index in [2.05, 4.69) is 5.32 Å². The number of aliphatic hydroxyl groups is 1. The van der Waals surface area contributed by atoms with Crippen molar-refractivity contribution in [1.82, 2.24) is 5.32 Å². The molecule has 1 amide bonds. The van der Waals surface area contributed by atoms with E-state index in [1.54, 1.807) is 0 Å². The molecule has 0 saturated heterocycles. The predicted octanol–water partition coefficient (Wildman–Crippen LogP) is -0.407. The Bertz CT molecular complexity index is 251. The molecule has 1 aliphatic carbocycles. The van der Waals surface area contributed by atoms with Crippen LogP contribution in [0.2, 0.25) is 0 Å². The van der Waals surface area contributed by atoms with Gasteiger partial charge in [-0.15, -0.1) is 0 Å². The van der Waals surface area contributed by atoms with Gasteiger partial charge in [0, 0.05) is 5.92 Å². The monoisotopic (exact) mass is 201 g/mol. The number of nitrogens with one attached hydrogen (secondary N) is 1. The van der Waals surface area contributed by atoms with Gasteiger partial charge in [-0.25, -0.2) is 4.79 Å². The fourth-order valence-electron chi connectivity index (χ4n) is 1.34. The van der Waals surface area contributed by atoms with Crippen molar-refractivity contribution in [3.63, 3.8) is 0 Å². The van der Waals surface area contributed by atoms with Crippen molar-refractivity contribution in [2.75, 3.05) is 0 Å². The first-order chi connectivity index (χ1) is 6.43. The Hall–Kier alpha value is -1.10. The molecule has 5 heteroatoms. The molecular weight excluding hydrogens is 186 g/mol. The summed E-state index contributed by atoms with van der Waals surface area (Å²) in [6.07, 6.45) is -0.275. The lowest BCUT2D eigenvalue weighted by molar-refractivity contribution is -0.145. The highest BCUT2D eigenvalue weighted by Gasteiger charge is 2.41. The van der Waals surface area contributed by atoms with Crippen LogP contribution in [-0.2, 0) is 9.59 Å². The Balaban J connectivity index is 2.47. The van der Waals surface area contributed by atoms with Crippen LogP contribution in [0.15, 0.2) is 0 Å². The molecule has 1 rings (SSSR count). The fourth-order valence-corrected chi connectivity index (χ4v) is 1.34. The lowest BCUT2D eigenvalue weighted by atomic mass is 10.1.